The summed E-state index contributed by atoms with van der Waals surface area (Å²) in [6.07, 6.45) is 3.53. The molecule has 184 valence electrons. The summed E-state index contributed by atoms with van der Waals surface area (Å²) in [6, 6.07) is 10.9. The molecule has 4 aromatic heterocycles. The van der Waals surface area contributed by atoms with Gasteiger partial charge in [-0.05, 0) is 35.9 Å². The van der Waals surface area contributed by atoms with E-state index >= 15 is 0 Å². The molecule has 8 nitrogen and oxygen atoms in total. The van der Waals surface area contributed by atoms with Crippen LogP contribution in [0.25, 0.3) is 22.2 Å². The number of hydrogen-bond acceptors (Lipinski definition) is 9. The fourth-order valence-electron chi connectivity index (χ4n) is 3.41. The highest BCUT2D eigenvalue weighted by molar-refractivity contribution is 7.15. The molecule has 4 rings (SSSR count). The average Bonchev–Trinajstić information content (AvgIpc) is 3.33. The number of anilines is 2. The Morgan fingerprint density at radius 3 is 2.54 bits per heavy atom. The number of hydrogen-bond donors (Lipinski definition) is 0. The second-order valence-electron chi connectivity index (χ2n) is 9.84. The number of aromatic nitrogens is 5. The van der Waals surface area contributed by atoms with Gasteiger partial charge in [0.05, 0.1) is 18.1 Å². The Bertz CT molecular complexity index is 1290. The van der Waals surface area contributed by atoms with E-state index in [4.69, 9.17) is 14.5 Å². The van der Waals surface area contributed by atoms with E-state index in [9.17, 15) is 0 Å². The van der Waals surface area contributed by atoms with Crippen LogP contribution in [0.15, 0.2) is 42.7 Å². The molecule has 10 heteroatoms. The van der Waals surface area contributed by atoms with Crippen molar-refractivity contribution in [1.29, 1.82) is 0 Å². The van der Waals surface area contributed by atoms with Crippen molar-refractivity contribution in [1.82, 2.24) is 25.1 Å². The molecule has 0 aliphatic carbocycles. The topological polar surface area (TPSA) is 86.2 Å². The maximum Gasteiger partial charge on any atom is 0.215 e. The zero-order chi connectivity index (χ0) is 25.0. The van der Waals surface area contributed by atoms with Gasteiger partial charge >= 0.3 is 0 Å². The second-order valence-corrected chi connectivity index (χ2v) is 16.4. The Labute approximate surface area is 211 Å². The summed E-state index contributed by atoms with van der Waals surface area (Å²) in [5, 5.41) is 10.6. The summed E-state index contributed by atoms with van der Waals surface area (Å²) in [7, 11) is 0.416. The molecule has 0 amide bonds. The number of methoxy groups -OCH3 is 1. The molecule has 0 radical (unpaired) electrons. The normalized spacial score (nSPS) is 11.9. The van der Waals surface area contributed by atoms with Gasteiger partial charge in [0.25, 0.3) is 0 Å². The van der Waals surface area contributed by atoms with Crippen LogP contribution < -0.4 is 9.64 Å². The van der Waals surface area contributed by atoms with Crippen LogP contribution in [0.3, 0.4) is 0 Å². The summed E-state index contributed by atoms with van der Waals surface area (Å²) in [6.45, 7) is 12.3. The predicted molar refractivity (Wildman–Crippen MR) is 144 cm³/mol. The Kier molecular flexibility index (Phi) is 7.73. The Balaban J connectivity index is 1.73. The van der Waals surface area contributed by atoms with Crippen molar-refractivity contribution in [2.45, 2.75) is 45.5 Å². The van der Waals surface area contributed by atoms with Crippen molar-refractivity contribution < 1.29 is 9.47 Å². The molecule has 0 bridgehead atoms. The third-order valence-corrected chi connectivity index (χ3v) is 8.42. The van der Waals surface area contributed by atoms with E-state index in [2.05, 4.69) is 53.7 Å². The molecule has 0 saturated carbocycles. The maximum absolute atomic E-state index is 6.13. The lowest BCUT2D eigenvalue weighted by Crippen LogP contribution is -2.26. The largest absolute Gasteiger partial charge is 0.481 e. The highest BCUT2D eigenvalue weighted by Crippen LogP contribution is 2.33. The maximum atomic E-state index is 6.13. The van der Waals surface area contributed by atoms with E-state index in [-0.39, 0.29) is 0 Å². The third kappa shape index (κ3) is 6.19. The molecule has 0 saturated heterocycles. The van der Waals surface area contributed by atoms with E-state index in [0.29, 0.717) is 25.1 Å². The van der Waals surface area contributed by atoms with Crippen molar-refractivity contribution in [3.05, 3.63) is 47.7 Å². The molecule has 4 aromatic rings. The minimum atomic E-state index is -1.20. The number of nitrogens with zero attached hydrogens (tertiary/aromatic N) is 6. The molecule has 0 spiro atoms. The van der Waals surface area contributed by atoms with Gasteiger partial charge in [0.1, 0.15) is 17.6 Å². The fourth-order valence-corrected chi connectivity index (χ4v) is 5.01. The summed E-state index contributed by atoms with van der Waals surface area (Å²) in [4.78, 5) is 15.8. The summed E-state index contributed by atoms with van der Waals surface area (Å²) in [5.74, 6) is 1.60. The van der Waals surface area contributed by atoms with Crippen molar-refractivity contribution >= 4 is 41.4 Å². The van der Waals surface area contributed by atoms with Gasteiger partial charge in [-0.1, -0.05) is 44.8 Å². The lowest BCUT2D eigenvalue weighted by atomic mass is 10.1. The Morgan fingerprint density at radius 2 is 1.83 bits per heavy atom. The molecule has 0 N–H and O–H groups in total. The summed E-state index contributed by atoms with van der Waals surface area (Å²) < 4.78 is 11.5. The second kappa shape index (κ2) is 10.8. The van der Waals surface area contributed by atoms with Crippen LogP contribution in [-0.4, -0.2) is 53.7 Å². The first-order chi connectivity index (χ1) is 16.7. The van der Waals surface area contributed by atoms with Gasteiger partial charge in [-0.15, -0.1) is 10.2 Å². The third-order valence-electron chi connectivity index (χ3n) is 5.47. The van der Waals surface area contributed by atoms with E-state index in [1.165, 1.54) is 0 Å². The molecule has 35 heavy (non-hydrogen) atoms. The average molecular weight is 509 g/mol. The fraction of sp³-hybridized carbons (Fsp3) is 0.400. The highest BCUT2D eigenvalue weighted by atomic mass is 32.1. The molecule has 0 unspecified atom stereocenters. The monoisotopic (exact) mass is 508 g/mol. The first-order valence-electron chi connectivity index (χ1n) is 11.7. The smallest absolute Gasteiger partial charge is 0.215 e. The molecule has 0 atom stereocenters. The van der Waals surface area contributed by atoms with Crippen LogP contribution in [-0.2, 0) is 4.74 Å². The number of rotatable bonds is 10. The molecule has 4 heterocycles. The summed E-state index contributed by atoms with van der Waals surface area (Å²) in [5.41, 5.74) is 3.52. The SMILES string of the molecule is COc1cc(-c2ccnc3ccc(N(COCC[Si](C)(C)C)c4nnc(C(C)C)s4)nc23)ccn1. The lowest BCUT2D eigenvalue weighted by molar-refractivity contribution is 0.153. The standard InChI is InChI=1S/C25H32N6O2SSi/c1-17(2)24-29-30-25(34-24)31(16-33-13-14-35(4,5)6)21-8-7-20-23(28-21)19(10-12-26-20)18-9-11-27-22(15-18)32-3/h7-12,15,17H,13-14,16H2,1-6H3. The highest BCUT2D eigenvalue weighted by Gasteiger charge is 2.20. The van der Waals surface area contributed by atoms with Crippen LogP contribution in [0, 0.1) is 0 Å². The van der Waals surface area contributed by atoms with Crippen LogP contribution >= 0.6 is 11.3 Å². The van der Waals surface area contributed by atoms with Gasteiger partial charge in [-0.25, -0.2) is 9.97 Å². The van der Waals surface area contributed by atoms with Gasteiger partial charge in [-0.2, -0.15) is 0 Å². The van der Waals surface area contributed by atoms with E-state index in [1.807, 2.05) is 35.2 Å². The van der Waals surface area contributed by atoms with Crippen LogP contribution in [0.1, 0.15) is 24.8 Å². The number of ether oxygens (including phenoxy) is 2. The van der Waals surface area contributed by atoms with Gasteiger partial charge in [-0.3, -0.25) is 9.88 Å². The van der Waals surface area contributed by atoms with Crippen molar-refractivity contribution in [3.8, 4) is 17.0 Å². The number of pyridine rings is 3. The Morgan fingerprint density at radius 1 is 1.03 bits per heavy atom. The van der Waals surface area contributed by atoms with E-state index < -0.39 is 8.07 Å². The lowest BCUT2D eigenvalue weighted by Gasteiger charge is -2.22. The van der Waals surface area contributed by atoms with Crippen LogP contribution in [0.2, 0.25) is 25.7 Å². The first-order valence-corrected chi connectivity index (χ1v) is 16.2. The molecule has 0 fully saturated rings. The molecule has 0 aromatic carbocycles. The van der Waals surface area contributed by atoms with Crippen molar-refractivity contribution in [2.75, 3.05) is 25.3 Å². The van der Waals surface area contributed by atoms with Gasteiger partial charge in [0.15, 0.2) is 0 Å². The zero-order valence-corrected chi connectivity index (χ0v) is 23.0. The van der Waals surface area contributed by atoms with Gasteiger partial charge in [0.2, 0.25) is 11.0 Å². The molecule has 0 aliphatic heterocycles. The molecular formula is C25H32N6O2SSi. The minimum Gasteiger partial charge on any atom is -0.481 e. The minimum absolute atomic E-state index is 0.304. The first kappa shape index (κ1) is 25.1. The predicted octanol–water partition coefficient (Wildman–Crippen LogP) is 6.13. The van der Waals surface area contributed by atoms with E-state index in [1.54, 1.807) is 30.8 Å². The molecule has 0 aliphatic rings. The summed E-state index contributed by atoms with van der Waals surface area (Å²) >= 11 is 1.57. The van der Waals surface area contributed by atoms with Gasteiger partial charge < -0.3 is 9.47 Å². The van der Waals surface area contributed by atoms with Crippen LogP contribution in [0.4, 0.5) is 10.9 Å². The quantitative estimate of drug-likeness (QED) is 0.144. The van der Waals surface area contributed by atoms with Crippen molar-refractivity contribution in [3.63, 3.8) is 0 Å². The van der Waals surface area contributed by atoms with Crippen molar-refractivity contribution in [2.24, 2.45) is 0 Å². The van der Waals surface area contributed by atoms with Crippen LogP contribution in [0.5, 0.6) is 5.88 Å². The van der Waals surface area contributed by atoms with Gasteiger partial charge in [0, 0.05) is 44.6 Å². The molecular weight excluding hydrogens is 476 g/mol. The number of fused-ring (bicyclic) bond motifs is 1. The Hall–Kier alpha value is -2.95. The zero-order valence-electron chi connectivity index (χ0n) is 21.1. The van der Waals surface area contributed by atoms with E-state index in [0.717, 1.165) is 44.2 Å².